The molecule has 0 aliphatic heterocycles. The standard InChI is InChI=1S/C16H18N2O4/c1-11-10-12(2)17-15(20)14(11)16(21)22-9-5-8-18-7-4-3-6-13(18)19/h3-4,6-7,10H,5,8-9H2,1-2H3,(H,17,20). The molecule has 0 atom stereocenters. The van der Waals surface area contributed by atoms with E-state index in [1.54, 1.807) is 38.2 Å². The largest absolute Gasteiger partial charge is 0.462 e. The molecule has 2 heterocycles. The van der Waals surface area contributed by atoms with Crippen LogP contribution in [0.4, 0.5) is 0 Å². The van der Waals surface area contributed by atoms with Gasteiger partial charge < -0.3 is 14.3 Å². The molecule has 0 saturated carbocycles. The molecule has 116 valence electrons. The fraction of sp³-hybridized carbons (Fsp3) is 0.312. The van der Waals surface area contributed by atoms with Crippen LogP contribution in [0.2, 0.25) is 0 Å². The number of nitrogens with zero attached hydrogens (tertiary/aromatic N) is 1. The number of ether oxygens (including phenoxy) is 1. The van der Waals surface area contributed by atoms with Crippen molar-refractivity contribution in [2.24, 2.45) is 0 Å². The second-order valence-electron chi connectivity index (χ2n) is 5.06. The molecule has 0 aliphatic carbocycles. The third-order valence-electron chi connectivity index (χ3n) is 3.24. The third-order valence-corrected chi connectivity index (χ3v) is 3.24. The van der Waals surface area contributed by atoms with Crippen molar-refractivity contribution in [1.82, 2.24) is 9.55 Å². The molecule has 6 heteroatoms. The summed E-state index contributed by atoms with van der Waals surface area (Å²) in [7, 11) is 0. The zero-order chi connectivity index (χ0) is 16.1. The Hall–Kier alpha value is -2.63. The number of aromatic amines is 1. The highest BCUT2D eigenvalue weighted by atomic mass is 16.5. The molecule has 1 N–H and O–H groups in total. The highest BCUT2D eigenvalue weighted by Crippen LogP contribution is 2.05. The Morgan fingerprint density at radius 3 is 2.73 bits per heavy atom. The molecule has 22 heavy (non-hydrogen) atoms. The van der Waals surface area contributed by atoms with Crippen molar-refractivity contribution in [3.05, 3.63) is 68.0 Å². The van der Waals surface area contributed by atoms with E-state index in [4.69, 9.17) is 4.74 Å². The maximum atomic E-state index is 12.0. The second kappa shape index (κ2) is 6.89. The van der Waals surface area contributed by atoms with Gasteiger partial charge in [-0.2, -0.15) is 0 Å². The van der Waals surface area contributed by atoms with Gasteiger partial charge in [0.15, 0.2) is 0 Å². The normalized spacial score (nSPS) is 10.5. The van der Waals surface area contributed by atoms with E-state index in [0.29, 0.717) is 24.2 Å². The van der Waals surface area contributed by atoms with E-state index in [2.05, 4.69) is 4.98 Å². The summed E-state index contributed by atoms with van der Waals surface area (Å²) in [5, 5.41) is 0. The maximum absolute atomic E-state index is 12.0. The molecule has 0 aliphatic rings. The number of carbonyl (C=O) groups is 1. The predicted octanol–water partition coefficient (Wildman–Crippen LogP) is 1.40. The average Bonchev–Trinajstić information content (AvgIpc) is 2.44. The topological polar surface area (TPSA) is 81.2 Å². The molecular formula is C16H18N2O4. The van der Waals surface area contributed by atoms with Crippen LogP contribution in [-0.4, -0.2) is 22.1 Å². The van der Waals surface area contributed by atoms with Crippen LogP contribution in [0.5, 0.6) is 0 Å². The minimum absolute atomic E-state index is 0.0301. The average molecular weight is 302 g/mol. The molecule has 0 bridgehead atoms. The van der Waals surface area contributed by atoms with Crippen LogP contribution in [0.3, 0.4) is 0 Å². The minimum Gasteiger partial charge on any atom is -0.462 e. The lowest BCUT2D eigenvalue weighted by Gasteiger charge is -2.08. The summed E-state index contributed by atoms with van der Waals surface area (Å²) in [6.07, 6.45) is 2.18. The smallest absolute Gasteiger partial charge is 0.344 e. The van der Waals surface area contributed by atoms with E-state index in [1.807, 2.05) is 0 Å². The van der Waals surface area contributed by atoms with E-state index in [1.165, 1.54) is 10.6 Å². The number of pyridine rings is 2. The van der Waals surface area contributed by atoms with Gasteiger partial charge in [-0.1, -0.05) is 6.07 Å². The lowest BCUT2D eigenvalue weighted by Crippen LogP contribution is -2.23. The number of H-pyrrole nitrogens is 1. The Kier molecular flexibility index (Phi) is 4.93. The first-order chi connectivity index (χ1) is 10.5. The molecule has 2 aromatic heterocycles. The number of aryl methyl sites for hydroxylation is 3. The Labute approximate surface area is 127 Å². The number of carbonyl (C=O) groups excluding carboxylic acids is 1. The van der Waals surface area contributed by atoms with Crippen molar-refractivity contribution in [2.75, 3.05) is 6.61 Å². The van der Waals surface area contributed by atoms with Gasteiger partial charge in [-0.05, 0) is 38.0 Å². The summed E-state index contributed by atoms with van der Waals surface area (Å²) in [5.41, 5.74) is 0.775. The molecular weight excluding hydrogens is 284 g/mol. The van der Waals surface area contributed by atoms with Crippen LogP contribution in [0, 0.1) is 13.8 Å². The molecule has 0 radical (unpaired) electrons. The van der Waals surface area contributed by atoms with Crippen molar-refractivity contribution in [3.8, 4) is 0 Å². The Bertz CT molecular complexity index is 789. The molecule has 0 amide bonds. The molecule has 0 saturated heterocycles. The fourth-order valence-corrected chi connectivity index (χ4v) is 2.22. The third kappa shape index (κ3) is 3.72. The van der Waals surface area contributed by atoms with E-state index in [-0.39, 0.29) is 17.7 Å². The van der Waals surface area contributed by atoms with E-state index in [9.17, 15) is 14.4 Å². The van der Waals surface area contributed by atoms with Crippen molar-refractivity contribution < 1.29 is 9.53 Å². The van der Waals surface area contributed by atoms with Gasteiger partial charge in [0.1, 0.15) is 5.56 Å². The zero-order valence-corrected chi connectivity index (χ0v) is 12.6. The molecule has 6 nitrogen and oxygen atoms in total. The number of hydrogen-bond donors (Lipinski definition) is 1. The number of nitrogens with one attached hydrogen (secondary N) is 1. The van der Waals surface area contributed by atoms with Crippen molar-refractivity contribution >= 4 is 5.97 Å². The number of esters is 1. The van der Waals surface area contributed by atoms with E-state index >= 15 is 0 Å². The molecule has 2 aromatic rings. The van der Waals surface area contributed by atoms with Gasteiger partial charge >= 0.3 is 5.97 Å². The lowest BCUT2D eigenvalue weighted by molar-refractivity contribution is 0.0492. The molecule has 0 aromatic carbocycles. The Morgan fingerprint density at radius 2 is 2.05 bits per heavy atom. The van der Waals surface area contributed by atoms with Gasteiger partial charge in [0.2, 0.25) is 5.56 Å². The van der Waals surface area contributed by atoms with Gasteiger partial charge in [-0.3, -0.25) is 9.59 Å². The number of rotatable bonds is 5. The number of aromatic nitrogens is 2. The van der Waals surface area contributed by atoms with Gasteiger partial charge in [0, 0.05) is 24.5 Å². The van der Waals surface area contributed by atoms with Crippen LogP contribution in [0.1, 0.15) is 28.0 Å². The second-order valence-corrected chi connectivity index (χ2v) is 5.06. The van der Waals surface area contributed by atoms with Crippen LogP contribution in [-0.2, 0) is 11.3 Å². The SMILES string of the molecule is Cc1cc(C)c(C(=O)OCCCn2ccccc2=O)c(=O)[nH]1. The Morgan fingerprint density at radius 1 is 1.27 bits per heavy atom. The fourth-order valence-electron chi connectivity index (χ4n) is 2.22. The van der Waals surface area contributed by atoms with Crippen molar-refractivity contribution in [3.63, 3.8) is 0 Å². The van der Waals surface area contributed by atoms with Crippen LogP contribution >= 0.6 is 0 Å². The van der Waals surface area contributed by atoms with E-state index < -0.39 is 11.5 Å². The predicted molar refractivity (Wildman–Crippen MR) is 82.1 cm³/mol. The van der Waals surface area contributed by atoms with Crippen molar-refractivity contribution in [1.29, 1.82) is 0 Å². The highest BCUT2D eigenvalue weighted by Gasteiger charge is 2.15. The molecule has 0 spiro atoms. The summed E-state index contributed by atoms with van der Waals surface area (Å²) < 4.78 is 6.66. The summed E-state index contributed by atoms with van der Waals surface area (Å²) in [6.45, 7) is 4.05. The Balaban J connectivity index is 1.93. The summed E-state index contributed by atoms with van der Waals surface area (Å²) in [5.74, 6) is -0.640. The minimum atomic E-state index is -0.640. The lowest BCUT2D eigenvalue weighted by atomic mass is 10.1. The van der Waals surface area contributed by atoms with Crippen LogP contribution in [0.15, 0.2) is 40.1 Å². The summed E-state index contributed by atoms with van der Waals surface area (Å²) in [4.78, 5) is 37.8. The van der Waals surface area contributed by atoms with Gasteiger partial charge in [0.25, 0.3) is 5.56 Å². The first-order valence-electron chi connectivity index (χ1n) is 7.02. The highest BCUT2D eigenvalue weighted by molar-refractivity contribution is 5.90. The summed E-state index contributed by atoms with van der Waals surface area (Å²) >= 11 is 0. The zero-order valence-electron chi connectivity index (χ0n) is 12.6. The molecule has 2 rings (SSSR count). The molecule has 0 fully saturated rings. The monoisotopic (exact) mass is 302 g/mol. The van der Waals surface area contributed by atoms with Crippen molar-refractivity contribution in [2.45, 2.75) is 26.8 Å². The van der Waals surface area contributed by atoms with Gasteiger partial charge in [-0.15, -0.1) is 0 Å². The number of hydrogen-bond acceptors (Lipinski definition) is 4. The van der Waals surface area contributed by atoms with Crippen LogP contribution < -0.4 is 11.1 Å². The summed E-state index contributed by atoms with van der Waals surface area (Å²) in [6, 6.07) is 6.64. The first-order valence-corrected chi connectivity index (χ1v) is 7.02. The van der Waals surface area contributed by atoms with Gasteiger partial charge in [-0.25, -0.2) is 4.79 Å². The van der Waals surface area contributed by atoms with Gasteiger partial charge in [0.05, 0.1) is 6.61 Å². The first kappa shape index (κ1) is 15.8. The maximum Gasteiger partial charge on any atom is 0.344 e. The molecule has 0 unspecified atom stereocenters. The van der Waals surface area contributed by atoms with Crippen LogP contribution in [0.25, 0.3) is 0 Å². The van der Waals surface area contributed by atoms with E-state index in [0.717, 1.165) is 0 Å². The quantitative estimate of drug-likeness (QED) is 0.668.